The summed E-state index contributed by atoms with van der Waals surface area (Å²) in [5.74, 6) is 0.0559. The van der Waals surface area contributed by atoms with Crippen LogP contribution in [0.25, 0.3) is 11.5 Å². The van der Waals surface area contributed by atoms with Crippen molar-refractivity contribution in [1.29, 1.82) is 0 Å². The maximum Gasteiger partial charge on any atom is 0.345 e. The van der Waals surface area contributed by atoms with E-state index in [0.717, 1.165) is 17.3 Å². The van der Waals surface area contributed by atoms with Crippen molar-refractivity contribution in [2.24, 2.45) is 4.99 Å². The van der Waals surface area contributed by atoms with Gasteiger partial charge in [0, 0.05) is 10.6 Å². The van der Waals surface area contributed by atoms with E-state index in [4.69, 9.17) is 16.0 Å². The van der Waals surface area contributed by atoms with Crippen molar-refractivity contribution in [3.8, 4) is 11.5 Å². The van der Waals surface area contributed by atoms with Crippen molar-refractivity contribution < 1.29 is 9.21 Å². The monoisotopic (exact) mass is 306 g/mol. The molecule has 0 atom stereocenters. The second-order valence-electron chi connectivity index (χ2n) is 3.79. The van der Waals surface area contributed by atoms with Gasteiger partial charge in [-0.25, -0.2) is 0 Å². The molecule has 0 spiro atoms. The molecule has 0 aliphatic carbocycles. The van der Waals surface area contributed by atoms with Crippen LogP contribution in [-0.4, -0.2) is 21.3 Å². The number of hydrogen-bond donors (Lipinski definition) is 1. The quantitative estimate of drug-likeness (QED) is 0.863. The van der Waals surface area contributed by atoms with E-state index in [2.05, 4.69) is 27.1 Å². The summed E-state index contributed by atoms with van der Waals surface area (Å²) in [6, 6.07) is 7.04. The SMILES string of the molecule is C=C1S/C(=N/c2nnc(-c3ccc(Cl)cc3)o2)NC1=O. The molecular formula is C12H7ClN4O2S. The number of hydrogen-bond acceptors (Lipinski definition) is 6. The molecule has 1 saturated heterocycles. The molecule has 1 aliphatic heterocycles. The van der Waals surface area contributed by atoms with E-state index in [0.29, 0.717) is 21.0 Å². The number of carbonyl (C=O) groups excluding carboxylic acids is 1. The van der Waals surface area contributed by atoms with Gasteiger partial charge in [0.2, 0.25) is 5.89 Å². The van der Waals surface area contributed by atoms with E-state index in [1.807, 2.05) is 0 Å². The van der Waals surface area contributed by atoms with E-state index in [-0.39, 0.29) is 11.9 Å². The lowest BCUT2D eigenvalue weighted by Gasteiger charge is -1.93. The van der Waals surface area contributed by atoms with E-state index >= 15 is 0 Å². The lowest BCUT2D eigenvalue weighted by Crippen LogP contribution is -2.19. The lowest BCUT2D eigenvalue weighted by molar-refractivity contribution is -0.115. The molecule has 20 heavy (non-hydrogen) atoms. The molecule has 1 aromatic carbocycles. The van der Waals surface area contributed by atoms with Crippen LogP contribution in [0.2, 0.25) is 5.02 Å². The number of nitrogens with one attached hydrogen (secondary N) is 1. The van der Waals surface area contributed by atoms with Crippen molar-refractivity contribution in [3.63, 3.8) is 0 Å². The van der Waals surface area contributed by atoms with Gasteiger partial charge in [0.15, 0.2) is 5.17 Å². The highest BCUT2D eigenvalue weighted by molar-refractivity contribution is 8.18. The molecule has 1 aromatic heterocycles. The second-order valence-corrected chi connectivity index (χ2v) is 5.31. The van der Waals surface area contributed by atoms with Gasteiger partial charge < -0.3 is 9.73 Å². The van der Waals surface area contributed by atoms with Gasteiger partial charge in [0.1, 0.15) is 0 Å². The first-order valence-electron chi connectivity index (χ1n) is 5.48. The Hall–Kier alpha value is -2.12. The molecule has 0 saturated carbocycles. The fourth-order valence-electron chi connectivity index (χ4n) is 1.46. The number of amidine groups is 1. The van der Waals surface area contributed by atoms with E-state index in [1.54, 1.807) is 24.3 Å². The summed E-state index contributed by atoms with van der Waals surface area (Å²) in [4.78, 5) is 15.7. The van der Waals surface area contributed by atoms with Gasteiger partial charge in [-0.05, 0) is 36.0 Å². The average Bonchev–Trinajstić information content (AvgIpc) is 2.99. The van der Waals surface area contributed by atoms with Crippen LogP contribution in [0.15, 0.2) is 45.2 Å². The molecule has 2 heterocycles. The van der Waals surface area contributed by atoms with Gasteiger partial charge in [0.05, 0.1) is 4.91 Å². The summed E-state index contributed by atoms with van der Waals surface area (Å²) in [6.45, 7) is 3.58. The first kappa shape index (κ1) is 12.9. The molecule has 100 valence electrons. The molecule has 1 aliphatic rings. The number of aliphatic imine (C=N–C) groups is 1. The number of amides is 1. The Morgan fingerprint density at radius 1 is 1.30 bits per heavy atom. The van der Waals surface area contributed by atoms with Crippen molar-refractivity contribution in [3.05, 3.63) is 40.8 Å². The van der Waals surface area contributed by atoms with Crippen LogP contribution in [0, 0.1) is 0 Å². The summed E-state index contributed by atoms with van der Waals surface area (Å²) >= 11 is 6.93. The first-order valence-corrected chi connectivity index (χ1v) is 6.67. The Morgan fingerprint density at radius 3 is 2.70 bits per heavy atom. The van der Waals surface area contributed by atoms with Crippen LogP contribution in [0.4, 0.5) is 6.01 Å². The topological polar surface area (TPSA) is 80.4 Å². The predicted molar refractivity (Wildman–Crippen MR) is 76.7 cm³/mol. The zero-order valence-corrected chi connectivity index (χ0v) is 11.5. The van der Waals surface area contributed by atoms with Crippen LogP contribution in [0.1, 0.15) is 0 Å². The third-order valence-electron chi connectivity index (χ3n) is 2.40. The molecule has 0 bridgehead atoms. The summed E-state index contributed by atoms with van der Waals surface area (Å²) in [5.41, 5.74) is 0.737. The maximum absolute atomic E-state index is 11.2. The van der Waals surface area contributed by atoms with Crippen molar-refractivity contribution >= 4 is 40.5 Å². The number of nitrogens with zero attached hydrogens (tertiary/aromatic N) is 3. The Bertz CT molecular complexity index is 705. The fourth-order valence-corrected chi connectivity index (χ4v) is 2.23. The molecular weight excluding hydrogens is 300 g/mol. The van der Waals surface area contributed by atoms with Crippen LogP contribution < -0.4 is 5.32 Å². The summed E-state index contributed by atoms with van der Waals surface area (Å²) < 4.78 is 5.39. The van der Waals surface area contributed by atoms with E-state index in [1.165, 1.54) is 0 Å². The van der Waals surface area contributed by atoms with E-state index in [9.17, 15) is 4.79 Å². The molecule has 1 amide bonds. The number of thioether (sulfide) groups is 1. The van der Waals surface area contributed by atoms with Gasteiger partial charge in [0.25, 0.3) is 5.91 Å². The Kier molecular flexibility index (Phi) is 3.29. The molecule has 1 fully saturated rings. The third-order valence-corrected chi connectivity index (χ3v) is 3.47. The Labute approximate surface area is 122 Å². The number of aromatic nitrogens is 2. The maximum atomic E-state index is 11.2. The second kappa shape index (κ2) is 5.10. The van der Waals surface area contributed by atoms with Crippen LogP contribution in [0.3, 0.4) is 0 Å². The molecule has 6 nitrogen and oxygen atoms in total. The number of benzene rings is 1. The molecule has 0 radical (unpaired) electrons. The highest BCUT2D eigenvalue weighted by Gasteiger charge is 2.22. The van der Waals surface area contributed by atoms with Gasteiger partial charge >= 0.3 is 6.01 Å². The minimum absolute atomic E-state index is 0.0625. The number of halogens is 1. The van der Waals surface area contributed by atoms with Crippen LogP contribution in [-0.2, 0) is 4.79 Å². The molecule has 3 rings (SSSR count). The van der Waals surface area contributed by atoms with Gasteiger partial charge in [-0.3, -0.25) is 4.79 Å². The normalized spacial score (nSPS) is 16.8. The first-order chi connectivity index (χ1) is 9.61. The largest absolute Gasteiger partial charge is 0.402 e. The minimum atomic E-state index is -0.272. The van der Waals surface area contributed by atoms with Crippen LogP contribution >= 0.6 is 23.4 Å². The van der Waals surface area contributed by atoms with Crippen molar-refractivity contribution in [2.75, 3.05) is 0 Å². The predicted octanol–water partition coefficient (Wildman–Crippen LogP) is 2.75. The van der Waals surface area contributed by atoms with Gasteiger partial charge in [-0.2, -0.15) is 4.99 Å². The standard InChI is InChI=1S/C12H7ClN4O2S/c1-6-9(18)14-12(20-6)15-11-17-16-10(19-11)7-2-4-8(13)5-3-7/h2-5H,1H2,(H,14,15,17,18). The molecule has 2 aromatic rings. The summed E-state index contributed by atoms with van der Waals surface area (Å²) in [5, 5.41) is 11.2. The van der Waals surface area contributed by atoms with E-state index < -0.39 is 0 Å². The summed E-state index contributed by atoms with van der Waals surface area (Å²) in [7, 11) is 0. The molecule has 8 heteroatoms. The third kappa shape index (κ3) is 2.59. The summed E-state index contributed by atoms with van der Waals surface area (Å²) in [6.07, 6.45) is 0. The zero-order chi connectivity index (χ0) is 14.1. The molecule has 1 N–H and O–H groups in total. The van der Waals surface area contributed by atoms with Crippen molar-refractivity contribution in [2.45, 2.75) is 0 Å². The van der Waals surface area contributed by atoms with Crippen molar-refractivity contribution in [1.82, 2.24) is 15.5 Å². The smallest absolute Gasteiger partial charge is 0.345 e. The number of rotatable bonds is 2. The highest BCUT2D eigenvalue weighted by Crippen LogP contribution is 2.26. The lowest BCUT2D eigenvalue weighted by atomic mass is 10.2. The molecule has 0 unspecified atom stereocenters. The Morgan fingerprint density at radius 2 is 2.05 bits per heavy atom. The average molecular weight is 307 g/mol. The number of carbonyl (C=O) groups is 1. The minimum Gasteiger partial charge on any atom is -0.402 e. The van der Waals surface area contributed by atoms with Crippen LogP contribution in [0.5, 0.6) is 0 Å². The van der Waals surface area contributed by atoms with Gasteiger partial charge in [-0.15, -0.1) is 5.10 Å². The zero-order valence-electron chi connectivity index (χ0n) is 9.96. The Balaban J connectivity index is 1.84. The highest BCUT2D eigenvalue weighted by atomic mass is 35.5. The van der Waals surface area contributed by atoms with Gasteiger partial charge in [-0.1, -0.05) is 23.3 Å². The fraction of sp³-hybridized carbons (Fsp3) is 0.